The number of rotatable bonds is 6. The van der Waals surface area contributed by atoms with Crippen molar-refractivity contribution in [3.05, 3.63) is 65.5 Å². The highest BCUT2D eigenvalue weighted by molar-refractivity contribution is 5.75. The minimum atomic E-state index is -0.260. The largest absolute Gasteiger partial charge is 0.489 e. The van der Waals surface area contributed by atoms with E-state index < -0.39 is 0 Å². The molecule has 0 aliphatic heterocycles. The maximum absolute atomic E-state index is 12.8. The van der Waals surface area contributed by atoms with E-state index in [0.29, 0.717) is 19.4 Å². The first-order valence-corrected chi connectivity index (χ1v) is 6.63. The molecule has 110 valence electrons. The molecule has 4 nitrogen and oxygen atoms in total. The first-order valence-electron chi connectivity index (χ1n) is 6.63. The van der Waals surface area contributed by atoms with Gasteiger partial charge in [0, 0.05) is 6.42 Å². The first kappa shape index (κ1) is 15.0. The highest BCUT2D eigenvalue weighted by Gasteiger charge is 2.01. The number of nitrogens with one attached hydrogen (secondary N) is 1. The maximum atomic E-state index is 12.8. The molecule has 0 unspecified atom stereocenters. The van der Waals surface area contributed by atoms with Crippen LogP contribution in [0.2, 0.25) is 0 Å². The Morgan fingerprint density at radius 3 is 2.29 bits per heavy atom. The summed E-state index contributed by atoms with van der Waals surface area (Å²) in [5, 5.41) is 0. The summed E-state index contributed by atoms with van der Waals surface area (Å²) >= 11 is 0. The van der Waals surface area contributed by atoms with Crippen LogP contribution < -0.4 is 16.0 Å². The van der Waals surface area contributed by atoms with Gasteiger partial charge in [-0.2, -0.15) is 0 Å². The number of carbonyl (C=O) groups excluding carboxylic acids is 1. The van der Waals surface area contributed by atoms with Crippen molar-refractivity contribution in [1.29, 1.82) is 0 Å². The Hall–Kier alpha value is -2.40. The number of benzene rings is 2. The molecule has 0 aliphatic carbocycles. The maximum Gasteiger partial charge on any atom is 0.234 e. The Labute approximate surface area is 122 Å². The normalized spacial score (nSPS) is 10.2. The second kappa shape index (κ2) is 7.40. The van der Waals surface area contributed by atoms with Crippen LogP contribution in [0, 0.1) is 5.82 Å². The summed E-state index contributed by atoms with van der Waals surface area (Å²) in [6.45, 7) is 0.384. The molecule has 0 fully saturated rings. The molecule has 0 saturated heterocycles. The summed E-state index contributed by atoms with van der Waals surface area (Å²) in [7, 11) is 0. The average Bonchev–Trinajstić information content (AvgIpc) is 2.53. The number of nitrogens with two attached hydrogens (primary N) is 1. The van der Waals surface area contributed by atoms with Crippen LogP contribution in [0.5, 0.6) is 5.75 Å². The van der Waals surface area contributed by atoms with Crippen LogP contribution >= 0.6 is 0 Å². The fourth-order valence-corrected chi connectivity index (χ4v) is 1.83. The van der Waals surface area contributed by atoms with E-state index in [2.05, 4.69) is 5.43 Å². The third-order valence-electron chi connectivity index (χ3n) is 3.04. The third-order valence-corrected chi connectivity index (χ3v) is 3.04. The van der Waals surface area contributed by atoms with Crippen molar-refractivity contribution >= 4 is 5.91 Å². The molecule has 0 radical (unpaired) electrons. The molecule has 2 rings (SSSR count). The molecule has 1 amide bonds. The van der Waals surface area contributed by atoms with Gasteiger partial charge in [0.1, 0.15) is 18.2 Å². The van der Waals surface area contributed by atoms with Crippen molar-refractivity contribution in [1.82, 2.24) is 5.43 Å². The molecule has 0 heterocycles. The fourth-order valence-electron chi connectivity index (χ4n) is 1.83. The second-order valence-corrected chi connectivity index (χ2v) is 4.63. The lowest BCUT2D eigenvalue weighted by Gasteiger charge is -2.07. The van der Waals surface area contributed by atoms with Gasteiger partial charge in [0.05, 0.1) is 0 Å². The lowest BCUT2D eigenvalue weighted by atomic mass is 10.1. The monoisotopic (exact) mass is 288 g/mol. The van der Waals surface area contributed by atoms with Crippen LogP contribution in [0.15, 0.2) is 48.5 Å². The van der Waals surface area contributed by atoms with Gasteiger partial charge in [-0.15, -0.1) is 0 Å². The minimum absolute atomic E-state index is 0.188. The molecular formula is C16H17FN2O2. The van der Waals surface area contributed by atoms with E-state index in [9.17, 15) is 9.18 Å². The van der Waals surface area contributed by atoms with Gasteiger partial charge in [-0.25, -0.2) is 10.2 Å². The van der Waals surface area contributed by atoms with Crippen LogP contribution in [-0.4, -0.2) is 5.91 Å². The van der Waals surface area contributed by atoms with E-state index in [1.54, 1.807) is 12.1 Å². The number of carbonyl (C=O) groups is 1. The predicted octanol–water partition coefficient (Wildman–Crippen LogP) is 2.33. The Kier molecular flexibility index (Phi) is 5.29. The topological polar surface area (TPSA) is 64.3 Å². The van der Waals surface area contributed by atoms with Gasteiger partial charge in [-0.1, -0.05) is 24.3 Å². The van der Waals surface area contributed by atoms with Crippen molar-refractivity contribution < 1.29 is 13.9 Å². The molecular weight excluding hydrogens is 271 g/mol. The van der Waals surface area contributed by atoms with Gasteiger partial charge in [-0.3, -0.25) is 10.2 Å². The van der Waals surface area contributed by atoms with Gasteiger partial charge < -0.3 is 4.74 Å². The molecule has 21 heavy (non-hydrogen) atoms. The second-order valence-electron chi connectivity index (χ2n) is 4.63. The number of hydrogen-bond acceptors (Lipinski definition) is 3. The van der Waals surface area contributed by atoms with Crippen LogP contribution in [-0.2, 0) is 17.8 Å². The van der Waals surface area contributed by atoms with Gasteiger partial charge in [-0.05, 0) is 41.8 Å². The van der Waals surface area contributed by atoms with Crippen LogP contribution in [0.4, 0.5) is 4.39 Å². The molecule has 0 saturated carbocycles. The zero-order chi connectivity index (χ0) is 15.1. The van der Waals surface area contributed by atoms with Crippen LogP contribution in [0.1, 0.15) is 17.5 Å². The van der Waals surface area contributed by atoms with Crippen molar-refractivity contribution in [2.75, 3.05) is 0 Å². The SMILES string of the molecule is NNC(=O)CCc1ccc(OCc2ccc(F)cc2)cc1. The standard InChI is InChI=1S/C16H17FN2O2/c17-14-6-1-13(2-7-14)11-21-15-8-3-12(4-9-15)5-10-16(20)19-18/h1-4,6-9H,5,10-11,18H2,(H,19,20). The zero-order valence-corrected chi connectivity index (χ0v) is 11.5. The molecule has 0 atom stereocenters. The lowest BCUT2D eigenvalue weighted by Crippen LogP contribution is -2.30. The number of halogens is 1. The van der Waals surface area contributed by atoms with E-state index >= 15 is 0 Å². The molecule has 2 aromatic rings. The van der Waals surface area contributed by atoms with E-state index in [0.717, 1.165) is 16.9 Å². The molecule has 0 bridgehead atoms. The quantitative estimate of drug-likeness (QED) is 0.487. The van der Waals surface area contributed by atoms with Crippen molar-refractivity contribution in [3.63, 3.8) is 0 Å². The van der Waals surface area contributed by atoms with Gasteiger partial charge in [0.15, 0.2) is 0 Å². The summed E-state index contributed by atoms with van der Waals surface area (Å²) in [5.74, 6) is 5.30. The van der Waals surface area contributed by atoms with Gasteiger partial charge in [0.25, 0.3) is 0 Å². The van der Waals surface area contributed by atoms with Gasteiger partial charge in [0.2, 0.25) is 5.91 Å². The first-order chi connectivity index (χ1) is 10.2. The molecule has 0 aromatic heterocycles. The van der Waals surface area contributed by atoms with Crippen molar-refractivity contribution in [3.8, 4) is 5.75 Å². The number of aryl methyl sites for hydroxylation is 1. The Balaban J connectivity index is 1.84. The fraction of sp³-hybridized carbons (Fsp3) is 0.188. The Morgan fingerprint density at radius 1 is 1.05 bits per heavy atom. The van der Waals surface area contributed by atoms with Crippen LogP contribution in [0.3, 0.4) is 0 Å². The van der Waals surface area contributed by atoms with E-state index in [4.69, 9.17) is 10.6 Å². The summed E-state index contributed by atoms with van der Waals surface area (Å²) in [6, 6.07) is 13.7. The van der Waals surface area contributed by atoms with Crippen LogP contribution in [0.25, 0.3) is 0 Å². The van der Waals surface area contributed by atoms with E-state index in [1.165, 1.54) is 12.1 Å². The molecule has 0 aliphatic rings. The smallest absolute Gasteiger partial charge is 0.234 e. The summed E-state index contributed by atoms with van der Waals surface area (Å²) in [6.07, 6.45) is 0.980. The molecule has 0 spiro atoms. The van der Waals surface area contributed by atoms with E-state index in [1.807, 2.05) is 24.3 Å². The third kappa shape index (κ3) is 4.89. The summed E-state index contributed by atoms with van der Waals surface area (Å²) < 4.78 is 18.4. The van der Waals surface area contributed by atoms with E-state index in [-0.39, 0.29) is 11.7 Å². The lowest BCUT2D eigenvalue weighted by molar-refractivity contribution is -0.121. The Bertz CT molecular complexity index is 582. The summed E-state index contributed by atoms with van der Waals surface area (Å²) in [4.78, 5) is 11.0. The molecule has 2 aromatic carbocycles. The number of hydrogen-bond donors (Lipinski definition) is 2. The number of hydrazine groups is 1. The van der Waals surface area contributed by atoms with Crippen molar-refractivity contribution in [2.45, 2.75) is 19.4 Å². The summed E-state index contributed by atoms with van der Waals surface area (Å²) in [5.41, 5.74) is 4.04. The predicted molar refractivity (Wildman–Crippen MR) is 77.8 cm³/mol. The van der Waals surface area contributed by atoms with Gasteiger partial charge >= 0.3 is 0 Å². The minimum Gasteiger partial charge on any atom is -0.489 e. The zero-order valence-electron chi connectivity index (χ0n) is 11.5. The number of amides is 1. The molecule has 3 N–H and O–H groups in total. The highest BCUT2D eigenvalue weighted by Crippen LogP contribution is 2.15. The highest BCUT2D eigenvalue weighted by atomic mass is 19.1. The molecule has 5 heteroatoms. The van der Waals surface area contributed by atoms with Crippen molar-refractivity contribution in [2.24, 2.45) is 5.84 Å². The average molecular weight is 288 g/mol. The number of ether oxygens (including phenoxy) is 1. The Morgan fingerprint density at radius 2 is 1.67 bits per heavy atom.